The van der Waals surface area contributed by atoms with E-state index in [1.54, 1.807) is 6.20 Å². The topological polar surface area (TPSA) is 24.4 Å². The molecule has 1 heterocycles. The Morgan fingerprint density at radius 2 is 2.00 bits per heavy atom. The van der Waals surface area contributed by atoms with Crippen LogP contribution in [0.1, 0.15) is 5.56 Å². The van der Waals surface area contributed by atoms with Gasteiger partial charge in [0, 0.05) is 29.9 Å². The average Bonchev–Trinajstić information content (AvgIpc) is 2.28. The van der Waals surface area contributed by atoms with Gasteiger partial charge in [0.25, 0.3) is 0 Å². The first-order chi connectivity index (χ1) is 5.47. The normalized spacial score (nSPS) is 12.3. The van der Waals surface area contributed by atoms with E-state index in [-0.39, 0.29) is 29.6 Å². The molecule has 0 bridgehead atoms. The zero-order chi connectivity index (χ0) is 7.52. The van der Waals surface area contributed by atoms with Crippen molar-refractivity contribution in [3.05, 3.63) is 42.2 Å². The van der Waals surface area contributed by atoms with Crippen molar-refractivity contribution in [3.63, 3.8) is 0 Å². The molecule has 0 unspecified atom stereocenters. The summed E-state index contributed by atoms with van der Waals surface area (Å²) in [4.78, 5) is 4.04. The second-order valence-corrected chi connectivity index (χ2v) is 2.33. The number of para-hydroxylation sites is 1. The Morgan fingerprint density at radius 1 is 1.17 bits per heavy atom. The van der Waals surface area contributed by atoms with Crippen LogP contribution in [0.2, 0.25) is 0 Å². The molecule has 0 radical (unpaired) electrons. The van der Waals surface area contributed by atoms with Gasteiger partial charge in [-0.05, 0) is 6.07 Å². The van der Waals surface area contributed by atoms with Crippen LogP contribution in [0.5, 0.6) is 0 Å². The molecule has 3 heteroatoms. The fourth-order valence-corrected chi connectivity index (χ4v) is 1.03. The molecular formula is C9H9N2Na. The summed E-state index contributed by atoms with van der Waals surface area (Å²) in [5, 5.41) is 3.12. The number of rotatable bonds is 0. The van der Waals surface area contributed by atoms with Gasteiger partial charge in [-0.1, -0.05) is 18.2 Å². The van der Waals surface area contributed by atoms with E-state index in [0.29, 0.717) is 0 Å². The molecule has 0 aliphatic carbocycles. The third-order valence-corrected chi connectivity index (χ3v) is 1.57. The standard InChI is InChI=1S/C9H8N2.Na.H/c1-2-4-9-8(3-1)7-10-5-6-11-9;;/h1-7,11H;;. The minimum absolute atomic E-state index is 0. The molecule has 1 aliphatic heterocycles. The van der Waals surface area contributed by atoms with E-state index in [2.05, 4.69) is 10.3 Å². The van der Waals surface area contributed by atoms with Crippen LogP contribution in [-0.2, 0) is 0 Å². The van der Waals surface area contributed by atoms with Crippen LogP contribution in [0.4, 0.5) is 5.69 Å². The predicted molar refractivity (Wildman–Crippen MR) is 53.9 cm³/mol. The van der Waals surface area contributed by atoms with Crippen molar-refractivity contribution >= 4 is 41.5 Å². The molecule has 0 saturated heterocycles. The third kappa shape index (κ3) is 1.97. The summed E-state index contributed by atoms with van der Waals surface area (Å²) >= 11 is 0. The van der Waals surface area contributed by atoms with E-state index in [1.165, 1.54) is 0 Å². The number of aliphatic imine (C=N–C) groups is 1. The SMILES string of the molecule is C1=CNc2ccccc2C=N1.[NaH]. The van der Waals surface area contributed by atoms with Gasteiger partial charge in [-0.15, -0.1) is 0 Å². The van der Waals surface area contributed by atoms with Crippen molar-refractivity contribution in [2.24, 2.45) is 4.99 Å². The molecule has 1 aliphatic rings. The molecule has 56 valence electrons. The molecule has 1 aromatic rings. The Kier molecular flexibility index (Phi) is 3.53. The molecule has 0 saturated carbocycles. The van der Waals surface area contributed by atoms with E-state index >= 15 is 0 Å². The van der Waals surface area contributed by atoms with Gasteiger partial charge in [-0.3, -0.25) is 4.99 Å². The van der Waals surface area contributed by atoms with Crippen molar-refractivity contribution in [2.45, 2.75) is 0 Å². The summed E-state index contributed by atoms with van der Waals surface area (Å²) in [5.74, 6) is 0. The first-order valence-corrected chi connectivity index (χ1v) is 3.50. The zero-order valence-corrected chi connectivity index (χ0v) is 5.99. The van der Waals surface area contributed by atoms with Crippen LogP contribution >= 0.6 is 0 Å². The van der Waals surface area contributed by atoms with Gasteiger partial charge in [-0.25, -0.2) is 0 Å². The van der Waals surface area contributed by atoms with Crippen LogP contribution in [-0.4, -0.2) is 35.8 Å². The van der Waals surface area contributed by atoms with Crippen LogP contribution in [0.15, 0.2) is 41.7 Å². The van der Waals surface area contributed by atoms with Gasteiger partial charge in [0.15, 0.2) is 0 Å². The molecule has 1 N–H and O–H groups in total. The zero-order valence-electron chi connectivity index (χ0n) is 5.99. The number of fused-ring (bicyclic) bond motifs is 1. The summed E-state index contributed by atoms with van der Waals surface area (Å²) < 4.78 is 0. The third-order valence-electron chi connectivity index (χ3n) is 1.57. The number of nitrogens with one attached hydrogen (secondary N) is 1. The number of hydrogen-bond acceptors (Lipinski definition) is 2. The Labute approximate surface area is 93.7 Å². The van der Waals surface area contributed by atoms with Crippen molar-refractivity contribution in [1.82, 2.24) is 0 Å². The molecular weight excluding hydrogens is 159 g/mol. The molecule has 0 fully saturated rings. The van der Waals surface area contributed by atoms with Crippen molar-refractivity contribution in [1.29, 1.82) is 0 Å². The molecule has 2 rings (SSSR count). The van der Waals surface area contributed by atoms with Crippen LogP contribution in [0.25, 0.3) is 0 Å². The summed E-state index contributed by atoms with van der Waals surface area (Å²) in [5.41, 5.74) is 2.22. The Morgan fingerprint density at radius 3 is 2.92 bits per heavy atom. The number of nitrogens with zero attached hydrogens (tertiary/aromatic N) is 1. The maximum absolute atomic E-state index is 4.04. The fourth-order valence-electron chi connectivity index (χ4n) is 1.03. The minimum atomic E-state index is 0. The molecule has 0 atom stereocenters. The molecule has 1 aromatic carbocycles. The van der Waals surface area contributed by atoms with Crippen LogP contribution in [0, 0.1) is 0 Å². The fraction of sp³-hybridized carbons (Fsp3) is 0. The Balaban J connectivity index is 0.000000720. The van der Waals surface area contributed by atoms with Gasteiger partial charge >= 0.3 is 29.6 Å². The Bertz CT molecular complexity index is 318. The number of anilines is 1. The van der Waals surface area contributed by atoms with E-state index in [9.17, 15) is 0 Å². The molecule has 2 nitrogen and oxygen atoms in total. The van der Waals surface area contributed by atoms with Gasteiger partial charge < -0.3 is 5.32 Å². The summed E-state index contributed by atoms with van der Waals surface area (Å²) in [6.07, 6.45) is 5.40. The van der Waals surface area contributed by atoms with E-state index in [4.69, 9.17) is 0 Å². The molecule has 12 heavy (non-hydrogen) atoms. The van der Waals surface area contributed by atoms with Crippen LogP contribution < -0.4 is 5.32 Å². The van der Waals surface area contributed by atoms with Gasteiger partial charge in [0.1, 0.15) is 0 Å². The van der Waals surface area contributed by atoms with Crippen molar-refractivity contribution in [2.75, 3.05) is 5.32 Å². The van der Waals surface area contributed by atoms with Crippen molar-refractivity contribution in [3.8, 4) is 0 Å². The first-order valence-electron chi connectivity index (χ1n) is 3.50. The number of hydrogen-bond donors (Lipinski definition) is 1. The van der Waals surface area contributed by atoms with Gasteiger partial charge in [-0.2, -0.15) is 0 Å². The van der Waals surface area contributed by atoms with Gasteiger partial charge in [0.05, 0.1) is 0 Å². The summed E-state index contributed by atoms with van der Waals surface area (Å²) in [6.45, 7) is 0. The second-order valence-electron chi connectivity index (χ2n) is 2.33. The maximum atomic E-state index is 4.04. The molecule has 0 aromatic heterocycles. The molecule has 0 amide bonds. The molecule has 0 spiro atoms. The van der Waals surface area contributed by atoms with Crippen LogP contribution in [0.3, 0.4) is 0 Å². The summed E-state index contributed by atoms with van der Waals surface area (Å²) in [7, 11) is 0. The second kappa shape index (κ2) is 4.45. The Hall–Kier alpha value is -0.570. The van der Waals surface area contributed by atoms with E-state index < -0.39 is 0 Å². The first kappa shape index (κ1) is 9.52. The summed E-state index contributed by atoms with van der Waals surface area (Å²) in [6, 6.07) is 8.05. The van der Waals surface area contributed by atoms with E-state index in [0.717, 1.165) is 11.3 Å². The van der Waals surface area contributed by atoms with E-state index in [1.807, 2.05) is 36.7 Å². The average molecular weight is 168 g/mol. The monoisotopic (exact) mass is 168 g/mol. The van der Waals surface area contributed by atoms with Gasteiger partial charge in [0.2, 0.25) is 0 Å². The number of benzene rings is 1. The quantitative estimate of drug-likeness (QED) is 0.581. The predicted octanol–water partition coefficient (Wildman–Crippen LogP) is 1.35. The van der Waals surface area contributed by atoms with Crippen molar-refractivity contribution < 1.29 is 0 Å².